The number of alkyl halides is 3. The number of anilines is 2. The molecule has 116 valence electrons. The quantitative estimate of drug-likeness (QED) is 0.845. The molecule has 0 fully saturated rings. The second-order valence-corrected chi connectivity index (χ2v) is 5.35. The topological polar surface area (TPSA) is 68.0 Å². The van der Waals surface area contributed by atoms with Crippen molar-refractivity contribution in [3.05, 3.63) is 48.2 Å². The maximum atomic E-state index is 12.8. The van der Waals surface area contributed by atoms with Gasteiger partial charge >= 0.3 is 6.18 Å². The van der Waals surface area contributed by atoms with Crippen molar-refractivity contribution in [2.75, 3.05) is 16.8 Å². The van der Waals surface area contributed by atoms with Gasteiger partial charge in [-0.3, -0.25) is 4.79 Å². The van der Waals surface area contributed by atoms with Crippen LogP contribution in [-0.2, 0) is 11.0 Å². The van der Waals surface area contributed by atoms with Crippen LogP contribution in [0.25, 0.3) is 0 Å². The van der Waals surface area contributed by atoms with Gasteiger partial charge in [-0.15, -0.1) is 11.8 Å². The van der Waals surface area contributed by atoms with Crippen molar-refractivity contribution in [3.63, 3.8) is 0 Å². The fourth-order valence-electron chi connectivity index (χ4n) is 1.65. The highest BCUT2D eigenvalue weighted by Crippen LogP contribution is 2.34. The Morgan fingerprint density at radius 3 is 2.59 bits per heavy atom. The number of nitrogens with two attached hydrogens (primary N) is 1. The molecule has 1 aromatic carbocycles. The molecule has 2 rings (SSSR count). The van der Waals surface area contributed by atoms with Gasteiger partial charge in [0.25, 0.3) is 0 Å². The number of benzene rings is 1. The van der Waals surface area contributed by atoms with Crippen molar-refractivity contribution in [1.29, 1.82) is 0 Å². The third-order valence-electron chi connectivity index (χ3n) is 2.64. The summed E-state index contributed by atoms with van der Waals surface area (Å²) < 4.78 is 38.4. The molecule has 0 spiro atoms. The smallest absolute Gasteiger partial charge is 0.384 e. The van der Waals surface area contributed by atoms with E-state index in [1.165, 1.54) is 24.4 Å². The van der Waals surface area contributed by atoms with Crippen molar-refractivity contribution < 1.29 is 18.0 Å². The van der Waals surface area contributed by atoms with Gasteiger partial charge < -0.3 is 11.1 Å². The average Bonchev–Trinajstić information content (AvgIpc) is 2.46. The Kier molecular flexibility index (Phi) is 4.92. The summed E-state index contributed by atoms with van der Waals surface area (Å²) in [5.41, 5.74) is 4.31. The van der Waals surface area contributed by atoms with Crippen LogP contribution in [0, 0.1) is 0 Å². The monoisotopic (exact) mass is 327 g/mol. The number of carbonyl (C=O) groups is 1. The maximum absolute atomic E-state index is 12.8. The summed E-state index contributed by atoms with van der Waals surface area (Å²) in [6.07, 6.45) is -3.02. The molecule has 0 radical (unpaired) electrons. The van der Waals surface area contributed by atoms with E-state index in [0.29, 0.717) is 10.7 Å². The molecule has 1 aromatic heterocycles. The third-order valence-corrected chi connectivity index (χ3v) is 3.62. The Bertz CT molecular complexity index is 659. The SMILES string of the molecule is Nc1ccc(SCC(=O)Nc2ccccc2C(F)(F)F)cn1. The number of pyridine rings is 1. The van der Waals surface area contributed by atoms with Gasteiger partial charge in [0.1, 0.15) is 5.82 Å². The zero-order chi connectivity index (χ0) is 16.2. The largest absolute Gasteiger partial charge is 0.418 e. The van der Waals surface area contributed by atoms with E-state index in [-0.39, 0.29) is 11.4 Å². The van der Waals surface area contributed by atoms with Crippen LogP contribution in [0.5, 0.6) is 0 Å². The Balaban J connectivity index is 1.99. The van der Waals surface area contributed by atoms with Crippen LogP contribution < -0.4 is 11.1 Å². The van der Waals surface area contributed by atoms with Crippen LogP contribution in [0.4, 0.5) is 24.7 Å². The third kappa shape index (κ3) is 4.39. The number of hydrogen-bond donors (Lipinski definition) is 2. The van der Waals surface area contributed by atoms with Gasteiger partial charge in [-0.2, -0.15) is 13.2 Å². The lowest BCUT2D eigenvalue weighted by Gasteiger charge is -2.13. The van der Waals surface area contributed by atoms with Crippen LogP contribution in [0.2, 0.25) is 0 Å². The minimum Gasteiger partial charge on any atom is -0.384 e. The van der Waals surface area contributed by atoms with E-state index < -0.39 is 17.6 Å². The Morgan fingerprint density at radius 2 is 1.95 bits per heavy atom. The highest BCUT2D eigenvalue weighted by atomic mass is 32.2. The summed E-state index contributed by atoms with van der Waals surface area (Å²) in [7, 11) is 0. The molecule has 0 saturated heterocycles. The lowest BCUT2D eigenvalue weighted by Crippen LogP contribution is -2.18. The number of amides is 1. The minimum atomic E-state index is -4.52. The van der Waals surface area contributed by atoms with Crippen LogP contribution in [0.3, 0.4) is 0 Å². The summed E-state index contributed by atoms with van der Waals surface area (Å²) in [5, 5.41) is 2.27. The molecule has 0 aliphatic rings. The van der Waals surface area contributed by atoms with Crippen LogP contribution in [0.15, 0.2) is 47.5 Å². The van der Waals surface area contributed by atoms with Gasteiger partial charge in [0.15, 0.2) is 0 Å². The van der Waals surface area contributed by atoms with E-state index in [1.54, 1.807) is 12.1 Å². The molecule has 1 amide bonds. The number of rotatable bonds is 4. The standard InChI is InChI=1S/C14H12F3N3OS/c15-14(16,17)10-3-1-2-4-11(10)20-13(21)8-22-9-5-6-12(18)19-7-9/h1-7H,8H2,(H2,18,19)(H,20,21). The second kappa shape index (κ2) is 6.69. The fourth-order valence-corrected chi connectivity index (χ4v) is 2.31. The van der Waals surface area contributed by atoms with Crippen molar-refractivity contribution in [2.24, 2.45) is 0 Å². The van der Waals surface area contributed by atoms with E-state index in [2.05, 4.69) is 10.3 Å². The number of aromatic nitrogens is 1. The van der Waals surface area contributed by atoms with Gasteiger partial charge in [-0.25, -0.2) is 4.98 Å². The number of para-hydroxylation sites is 1. The summed E-state index contributed by atoms with van der Waals surface area (Å²) >= 11 is 1.16. The lowest BCUT2D eigenvalue weighted by atomic mass is 10.1. The van der Waals surface area contributed by atoms with Crippen molar-refractivity contribution in [1.82, 2.24) is 4.98 Å². The number of nitrogens with zero attached hydrogens (tertiary/aromatic N) is 1. The van der Waals surface area contributed by atoms with Gasteiger partial charge in [-0.05, 0) is 24.3 Å². The van der Waals surface area contributed by atoms with Gasteiger partial charge in [0.2, 0.25) is 5.91 Å². The Morgan fingerprint density at radius 1 is 1.23 bits per heavy atom. The summed E-state index contributed by atoms with van der Waals surface area (Å²) in [6.45, 7) is 0. The zero-order valence-electron chi connectivity index (χ0n) is 11.2. The molecule has 2 aromatic rings. The molecular weight excluding hydrogens is 315 g/mol. The number of nitrogen functional groups attached to an aromatic ring is 1. The molecule has 0 saturated carbocycles. The van der Waals surface area contributed by atoms with Crippen LogP contribution >= 0.6 is 11.8 Å². The Hall–Kier alpha value is -2.22. The number of halogens is 3. The highest BCUT2D eigenvalue weighted by Gasteiger charge is 2.33. The van der Waals surface area contributed by atoms with Crippen LogP contribution in [-0.4, -0.2) is 16.6 Å². The fraction of sp³-hybridized carbons (Fsp3) is 0.143. The number of carbonyl (C=O) groups excluding carboxylic acids is 1. The van der Waals surface area contributed by atoms with Gasteiger partial charge in [0, 0.05) is 11.1 Å². The van der Waals surface area contributed by atoms with E-state index in [1.807, 2.05) is 0 Å². The van der Waals surface area contributed by atoms with E-state index in [4.69, 9.17) is 5.73 Å². The number of hydrogen-bond acceptors (Lipinski definition) is 4. The normalized spacial score (nSPS) is 11.2. The predicted molar refractivity (Wildman–Crippen MR) is 79.4 cm³/mol. The van der Waals surface area contributed by atoms with E-state index in [0.717, 1.165) is 17.8 Å². The molecule has 1 heterocycles. The molecule has 3 N–H and O–H groups in total. The Labute approximate surface area is 128 Å². The van der Waals surface area contributed by atoms with Crippen LogP contribution in [0.1, 0.15) is 5.56 Å². The molecule has 0 aliphatic heterocycles. The molecule has 0 atom stereocenters. The summed E-state index contributed by atoms with van der Waals surface area (Å²) in [4.78, 5) is 16.4. The maximum Gasteiger partial charge on any atom is 0.418 e. The van der Waals surface area contributed by atoms with Gasteiger partial charge in [-0.1, -0.05) is 12.1 Å². The van der Waals surface area contributed by atoms with Crippen molar-refractivity contribution >= 4 is 29.2 Å². The summed E-state index contributed by atoms with van der Waals surface area (Å²) in [5.74, 6) is -0.205. The molecular formula is C14H12F3N3OS. The first kappa shape index (κ1) is 16.2. The highest BCUT2D eigenvalue weighted by molar-refractivity contribution is 8.00. The molecule has 0 unspecified atom stereocenters. The zero-order valence-corrected chi connectivity index (χ0v) is 12.0. The molecule has 0 bridgehead atoms. The van der Waals surface area contributed by atoms with E-state index in [9.17, 15) is 18.0 Å². The van der Waals surface area contributed by atoms with E-state index >= 15 is 0 Å². The van der Waals surface area contributed by atoms with Crippen molar-refractivity contribution in [2.45, 2.75) is 11.1 Å². The first-order valence-corrected chi connectivity index (χ1v) is 7.15. The van der Waals surface area contributed by atoms with Gasteiger partial charge in [0.05, 0.1) is 17.0 Å². The predicted octanol–water partition coefficient (Wildman–Crippen LogP) is 3.41. The lowest BCUT2D eigenvalue weighted by molar-refractivity contribution is -0.137. The number of thioether (sulfide) groups is 1. The first-order valence-electron chi connectivity index (χ1n) is 6.16. The number of nitrogens with one attached hydrogen (secondary N) is 1. The van der Waals surface area contributed by atoms with Crippen molar-refractivity contribution in [3.8, 4) is 0 Å². The molecule has 0 aliphatic carbocycles. The molecule has 22 heavy (non-hydrogen) atoms. The first-order chi connectivity index (χ1) is 10.4. The second-order valence-electron chi connectivity index (χ2n) is 4.30. The molecule has 8 heteroatoms. The average molecular weight is 327 g/mol. The molecule has 4 nitrogen and oxygen atoms in total. The summed E-state index contributed by atoms with van der Waals surface area (Å²) in [6, 6.07) is 8.11. The minimum absolute atomic E-state index is 0.0300.